The van der Waals surface area contributed by atoms with Gasteiger partial charge in [-0.25, -0.2) is 0 Å². The predicted molar refractivity (Wildman–Crippen MR) is 232 cm³/mol. The predicted octanol–water partition coefficient (Wildman–Crippen LogP) is 5.31. The highest BCUT2D eigenvalue weighted by Gasteiger charge is 2.62. The van der Waals surface area contributed by atoms with Gasteiger partial charge >= 0.3 is 6.18 Å². The van der Waals surface area contributed by atoms with Crippen molar-refractivity contribution in [3.05, 3.63) is 33.8 Å². The van der Waals surface area contributed by atoms with Crippen LogP contribution in [0.3, 0.4) is 0 Å². The number of nitrogens with one attached hydrogen (secondary N) is 4. The van der Waals surface area contributed by atoms with Crippen molar-refractivity contribution in [2.75, 3.05) is 26.7 Å². The number of alkyl halides is 3. The van der Waals surface area contributed by atoms with E-state index < -0.39 is 89.2 Å². The van der Waals surface area contributed by atoms with Gasteiger partial charge in [-0.15, -0.1) is 0 Å². The van der Waals surface area contributed by atoms with Gasteiger partial charge in [0.15, 0.2) is 0 Å². The third-order valence-electron chi connectivity index (χ3n) is 12.4. The summed E-state index contributed by atoms with van der Waals surface area (Å²) in [5.74, 6) is -5.00. The highest BCUT2D eigenvalue weighted by atomic mass is 35.5. The Morgan fingerprint density at radius 2 is 1.62 bits per heavy atom. The standard InChI is InChI=1S/C44H64Cl2F3N7O7/c1-7-21-55(40(61)28(5)52-37(58)34-15-13-22-56(34)42(63)43(44(47,48)49)18-10-8-11-19-43)33-14-9-12-20-50-36(57)27(4)51-39(60)35(25-29-24-30(45)16-17-31(29)46)54(6)41(62)32(23-26(2)3)53-38(33)59/h16-17,24,26-28,32-35H,7-15,18-23,25H2,1-6H3,(H,50,57)(H,51,60)(H,52,58)(H,53,59)/t27-,28+,32+,33+,34+,35+/m1/s1. The van der Waals surface area contributed by atoms with Gasteiger partial charge in [-0.05, 0) is 101 Å². The molecule has 3 fully saturated rings. The molecule has 2 saturated heterocycles. The molecule has 7 amide bonds. The van der Waals surface area contributed by atoms with Crippen LogP contribution in [0.4, 0.5) is 13.2 Å². The lowest BCUT2D eigenvalue weighted by molar-refractivity contribution is -0.236. The summed E-state index contributed by atoms with van der Waals surface area (Å²) in [6.45, 7) is 8.69. The number of nitrogens with zero attached hydrogens (tertiary/aromatic N) is 3. The molecular weight excluding hydrogens is 866 g/mol. The van der Waals surface area contributed by atoms with E-state index in [-0.39, 0.29) is 76.9 Å². The fraction of sp³-hybridized carbons (Fsp3) is 0.705. The number of hydrogen-bond acceptors (Lipinski definition) is 7. The number of benzene rings is 1. The zero-order valence-corrected chi connectivity index (χ0v) is 38.7. The molecule has 0 radical (unpaired) electrons. The normalized spacial score (nSPS) is 24.9. The van der Waals surface area contributed by atoms with E-state index in [4.69, 9.17) is 23.2 Å². The third kappa shape index (κ3) is 12.8. The molecule has 2 heterocycles. The summed E-state index contributed by atoms with van der Waals surface area (Å²) in [7, 11) is 1.42. The second kappa shape index (κ2) is 22.7. The molecule has 14 nitrogen and oxygen atoms in total. The number of carbonyl (C=O) groups excluding carboxylic acids is 7. The van der Waals surface area contributed by atoms with Gasteiger partial charge in [0, 0.05) is 43.1 Å². The minimum atomic E-state index is -4.79. The lowest BCUT2D eigenvalue weighted by Crippen LogP contribution is -2.61. The number of amides is 7. The van der Waals surface area contributed by atoms with Crippen LogP contribution in [0.1, 0.15) is 117 Å². The molecule has 0 spiro atoms. The molecule has 4 N–H and O–H groups in total. The van der Waals surface area contributed by atoms with Crippen molar-refractivity contribution in [3.63, 3.8) is 0 Å². The van der Waals surface area contributed by atoms with Gasteiger partial charge in [0.2, 0.25) is 41.4 Å². The van der Waals surface area contributed by atoms with Crippen LogP contribution in [0, 0.1) is 11.3 Å². The molecule has 0 aromatic heterocycles. The molecule has 352 valence electrons. The van der Waals surface area contributed by atoms with Gasteiger partial charge in [0.1, 0.15) is 41.7 Å². The molecule has 3 aliphatic rings. The Kier molecular flexibility index (Phi) is 18.5. The van der Waals surface area contributed by atoms with Crippen LogP contribution < -0.4 is 21.3 Å². The molecule has 1 aliphatic carbocycles. The van der Waals surface area contributed by atoms with Crippen LogP contribution >= 0.6 is 23.2 Å². The second-order valence-electron chi connectivity index (χ2n) is 17.7. The number of carbonyl (C=O) groups is 7. The Hall–Kier alpha value is -4.12. The van der Waals surface area contributed by atoms with Crippen LogP contribution in [0.5, 0.6) is 0 Å². The van der Waals surface area contributed by atoms with Crippen LogP contribution in [0.15, 0.2) is 18.2 Å². The van der Waals surface area contributed by atoms with Crippen molar-refractivity contribution in [1.82, 2.24) is 36.0 Å². The first-order valence-electron chi connectivity index (χ1n) is 22.2. The van der Waals surface area contributed by atoms with Crippen molar-refractivity contribution in [2.45, 2.75) is 161 Å². The van der Waals surface area contributed by atoms with Crippen molar-refractivity contribution in [3.8, 4) is 0 Å². The van der Waals surface area contributed by atoms with Gasteiger partial charge in [0.05, 0.1) is 0 Å². The third-order valence-corrected chi connectivity index (χ3v) is 13.1. The smallest absolute Gasteiger partial charge is 0.354 e. The quantitative estimate of drug-likeness (QED) is 0.232. The summed E-state index contributed by atoms with van der Waals surface area (Å²) in [6.07, 6.45) is -2.64. The van der Waals surface area contributed by atoms with Crippen molar-refractivity contribution >= 4 is 64.6 Å². The average Bonchev–Trinajstić information content (AvgIpc) is 3.73. The monoisotopic (exact) mass is 929 g/mol. The van der Waals surface area contributed by atoms with E-state index in [2.05, 4.69) is 21.3 Å². The average molecular weight is 931 g/mol. The van der Waals surface area contributed by atoms with E-state index >= 15 is 0 Å². The summed E-state index contributed by atoms with van der Waals surface area (Å²) in [4.78, 5) is 102. The minimum absolute atomic E-state index is 0.0220. The highest BCUT2D eigenvalue weighted by Crippen LogP contribution is 2.51. The number of hydrogen-bond donors (Lipinski definition) is 4. The minimum Gasteiger partial charge on any atom is -0.354 e. The lowest BCUT2D eigenvalue weighted by Gasteiger charge is -2.41. The highest BCUT2D eigenvalue weighted by molar-refractivity contribution is 6.33. The molecule has 1 aromatic carbocycles. The Bertz CT molecular complexity index is 1830. The molecule has 2 aliphatic heterocycles. The first-order valence-corrected chi connectivity index (χ1v) is 23.0. The van der Waals surface area contributed by atoms with Gasteiger partial charge in [0.25, 0.3) is 0 Å². The molecule has 6 atom stereocenters. The molecule has 63 heavy (non-hydrogen) atoms. The summed E-state index contributed by atoms with van der Waals surface area (Å²) in [6, 6.07) is -2.22. The lowest BCUT2D eigenvalue weighted by atomic mass is 9.72. The first kappa shape index (κ1) is 51.5. The molecule has 1 aromatic rings. The maximum Gasteiger partial charge on any atom is 0.403 e. The summed E-state index contributed by atoms with van der Waals surface area (Å²) in [5, 5.41) is 11.7. The van der Waals surface area contributed by atoms with Crippen LogP contribution in [0.2, 0.25) is 10.0 Å². The van der Waals surface area contributed by atoms with Crippen molar-refractivity contribution < 1.29 is 46.7 Å². The van der Waals surface area contributed by atoms with Gasteiger partial charge in [-0.2, -0.15) is 13.2 Å². The summed E-state index contributed by atoms with van der Waals surface area (Å²) in [5.41, 5.74) is -2.09. The van der Waals surface area contributed by atoms with E-state index in [0.29, 0.717) is 47.7 Å². The van der Waals surface area contributed by atoms with Crippen LogP contribution in [-0.4, -0.2) is 125 Å². The maximum atomic E-state index is 14.5. The zero-order valence-electron chi connectivity index (χ0n) is 37.2. The van der Waals surface area contributed by atoms with Crippen molar-refractivity contribution in [2.24, 2.45) is 11.3 Å². The number of halogens is 5. The van der Waals surface area contributed by atoms with E-state index in [1.54, 1.807) is 25.1 Å². The first-order chi connectivity index (χ1) is 29.6. The molecule has 19 heteroatoms. The van der Waals surface area contributed by atoms with Gasteiger partial charge in [-0.3, -0.25) is 33.6 Å². The van der Waals surface area contributed by atoms with Crippen LogP contribution in [0.25, 0.3) is 0 Å². The molecule has 1 saturated carbocycles. The van der Waals surface area contributed by atoms with E-state index in [9.17, 15) is 46.7 Å². The fourth-order valence-electron chi connectivity index (χ4n) is 8.92. The number of likely N-dealkylation sites (tertiary alicyclic amines) is 1. The molecule has 0 bridgehead atoms. The van der Waals surface area contributed by atoms with E-state index in [1.165, 1.54) is 30.7 Å². The molecule has 0 unspecified atom stereocenters. The Morgan fingerprint density at radius 3 is 2.25 bits per heavy atom. The fourth-order valence-corrected chi connectivity index (χ4v) is 9.31. The van der Waals surface area contributed by atoms with Gasteiger partial charge in [-0.1, -0.05) is 63.2 Å². The topological polar surface area (TPSA) is 177 Å². The molecular formula is C44H64Cl2F3N7O7. The maximum absolute atomic E-state index is 14.5. The number of likely N-dealkylation sites (N-methyl/N-ethyl adjacent to an activating group) is 1. The Morgan fingerprint density at radius 1 is 0.937 bits per heavy atom. The van der Waals surface area contributed by atoms with Crippen LogP contribution in [-0.2, 0) is 40.0 Å². The number of rotatable bonds is 11. The SMILES string of the molecule is CCCN(C(=O)[C@H](C)NC(=O)[C@@H]1CCCN1C(=O)C1(C(F)(F)F)CCCCC1)[C@H]1CCCCNC(=O)[C@@H](C)NC(=O)[C@H](Cc2cc(Cl)ccc2Cl)N(C)C(=O)[C@H](CC(C)C)NC1=O. The Balaban J connectivity index is 1.63. The van der Waals surface area contributed by atoms with E-state index in [0.717, 1.165) is 4.90 Å². The zero-order chi connectivity index (χ0) is 46.8. The van der Waals surface area contributed by atoms with E-state index in [1.807, 2.05) is 13.8 Å². The summed E-state index contributed by atoms with van der Waals surface area (Å²) >= 11 is 12.8. The largest absolute Gasteiger partial charge is 0.403 e. The van der Waals surface area contributed by atoms with Crippen molar-refractivity contribution in [1.29, 1.82) is 0 Å². The molecule has 4 rings (SSSR count). The Labute approximate surface area is 378 Å². The van der Waals surface area contributed by atoms with Gasteiger partial charge < -0.3 is 36.0 Å². The summed E-state index contributed by atoms with van der Waals surface area (Å²) < 4.78 is 43.6. The second-order valence-corrected chi connectivity index (χ2v) is 18.5.